The van der Waals surface area contributed by atoms with E-state index in [2.05, 4.69) is 39.5 Å². The summed E-state index contributed by atoms with van der Waals surface area (Å²) >= 11 is 0. The van der Waals surface area contributed by atoms with Gasteiger partial charge in [0.1, 0.15) is 0 Å². The van der Waals surface area contributed by atoms with E-state index < -0.39 is 0 Å². The topological polar surface area (TPSA) is 55.6 Å². The smallest absolute Gasteiger partial charge is 0.312 e. The van der Waals surface area contributed by atoms with Crippen molar-refractivity contribution in [2.45, 2.75) is 66.3 Å². The molecule has 4 heteroatoms. The molecule has 2 fully saturated rings. The van der Waals surface area contributed by atoms with Crippen LogP contribution >= 0.6 is 0 Å². The number of nitrogens with two attached hydrogens (primary N) is 1. The predicted octanol–water partition coefficient (Wildman–Crippen LogP) is 3.05. The summed E-state index contributed by atoms with van der Waals surface area (Å²) < 4.78 is 5.45. The zero-order valence-corrected chi connectivity index (χ0v) is 15.9. The maximum atomic E-state index is 12.8. The molecule has 0 aromatic heterocycles. The molecule has 2 N–H and O–H groups in total. The second kappa shape index (κ2) is 6.36. The molecule has 0 amide bonds. The van der Waals surface area contributed by atoms with Crippen molar-refractivity contribution in [3.05, 3.63) is 0 Å². The van der Waals surface area contributed by atoms with E-state index in [0.717, 1.165) is 19.5 Å². The predicted molar refractivity (Wildman–Crippen MR) is 94.1 cm³/mol. The molecule has 0 unspecified atom stereocenters. The lowest BCUT2D eigenvalue weighted by atomic mass is 9.57. The number of esters is 1. The highest BCUT2D eigenvalue weighted by Crippen LogP contribution is 2.72. The van der Waals surface area contributed by atoms with Crippen LogP contribution in [-0.4, -0.2) is 42.6 Å². The van der Waals surface area contributed by atoms with Crippen LogP contribution in [0.3, 0.4) is 0 Å². The summed E-state index contributed by atoms with van der Waals surface area (Å²) in [5, 5.41) is 0. The molecule has 4 atom stereocenters. The van der Waals surface area contributed by atoms with Crippen LogP contribution in [0.4, 0.5) is 0 Å². The average Bonchev–Trinajstić information content (AvgIpc) is 2.82. The quantitative estimate of drug-likeness (QED) is 0.731. The summed E-state index contributed by atoms with van der Waals surface area (Å²) in [6.07, 6.45) is 3.52. The highest BCUT2D eigenvalue weighted by molar-refractivity contribution is 5.75. The van der Waals surface area contributed by atoms with Gasteiger partial charge in [-0.05, 0) is 56.0 Å². The van der Waals surface area contributed by atoms with Crippen LogP contribution in [0.25, 0.3) is 0 Å². The maximum absolute atomic E-state index is 12.8. The van der Waals surface area contributed by atoms with Crippen molar-refractivity contribution >= 4 is 5.97 Å². The molecule has 2 aliphatic carbocycles. The third-order valence-corrected chi connectivity index (χ3v) is 7.66. The standard InChI is InChI=1S/C19H36N2O2/c1-7-21(8-2)19(15(13-20)16(22)23-9-3)12-14-10-11-18(19,6)17(14,4)5/h14-15H,7-13,20H2,1-6H3/t14-,15-,18+,19+/m0/s1. The van der Waals surface area contributed by atoms with E-state index in [1.165, 1.54) is 12.8 Å². The summed E-state index contributed by atoms with van der Waals surface area (Å²) in [6.45, 7) is 16.2. The Labute approximate surface area is 142 Å². The van der Waals surface area contributed by atoms with Crippen molar-refractivity contribution in [2.75, 3.05) is 26.2 Å². The van der Waals surface area contributed by atoms with Crippen LogP contribution in [-0.2, 0) is 9.53 Å². The molecule has 2 rings (SSSR count). The third kappa shape index (κ3) is 2.28. The highest BCUT2D eigenvalue weighted by atomic mass is 16.5. The maximum Gasteiger partial charge on any atom is 0.312 e. The lowest BCUT2D eigenvalue weighted by molar-refractivity contribution is -0.162. The molecular formula is C19H36N2O2. The minimum Gasteiger partial charge on any atom is -0.466 e. The molecule has 23 heavy (non-hydrogen) atoms. The Morgan fingerprint density at radius 1 is 1.26 bits per heavy atom. The molecule has 2 saturated carbocycles. The van der Waals surface area contributed by atoms with Crippen LogP contribution < -0.4 is 5.73 Å². The van der Waals surface area contributed by atoms with Crippen LogP contribution in [0.2, 0.25) is 0 Å². The van der Waals surface area contributed by atoms with Gasteiger partial charge in [0, 0.05) is 12.1 Å². The molecule has 0 aromatic carbocycles. The molecule has 2 bridgehead atoms. The molecule has 0 spiro atoms. The van der Waals surface area contributed by atoms with E-state index in [1.807, 2.05) is 6.92 Å². The molecule has 0 aliphatic heterocycles. The fourth-order valence-corrected chi connectivity index (χ4v) is 6.07. The molecule has 2 aliphatic rings. The van der Waals surface area contributed by atoms with Gasteiger partial charge in [-0.2, -0.15) is 0 Å². The zero-order valence-electron chi connectivity index (χ0n) is 15.9. The minimum atomic E-state index is -0.239. The Balaban J connectivity index is 2.57. The fraction of sp³-hybridized carbons (Fsp3) is 0.947. The van der Waals surface area contributed by atoms with Crippen molar-refractivity contribution in [3.8, 4) is 0 Å². The minimum absolute atomic E-state index is 0.0908. The lowest BCUT2D eigenvalue weighted by Crippen LogP contribution is -2.66. The van der Waals surface area contributed by atoms with Gasteiger partial charge in [-0.15, -0.1) is 0 Å². The first-order valence-corrected chi connectivity index (χ1v) is 9.38. The van der Waals surface area contributed by atoms with Crippen LogP contribution in [0.1, 0.15) is 60.8 Å². The van der Waals surface area contributed by atoms with Crippen molar-refractivity contribution in [3.63, 3.8) is 0 Å². The van der Waals surface area contributed by atoms with E-state index in [0.29, 0.717) is 19.1 Å². The Bertz CT molecular complexity index is 447. The van der Waals surface area contributed by atoms with Gasteiger partial charge in [-0.1, -0.05) is 34.6 Å². The van der Waals surface area contributed by atoms with E-state index in [-0.39, 0.29) is 28.3 Å². The molecule has 0 radical (unpaired) electrons. The number of hydrogen-bond donors (Lipinski definition) is 1. The Morgan fingerprint density at radius 3 is 2.22 bits per heavy atom. The average molecular weight is 325 g/mol. The van der Waals surface area contributed by atoms with Crippen LogP contribution in [0.5, 0.6) is 0 Å². The van der Waals surface area contributed by atoms with Crippen molar-refractivity contribution < 1.29 is 9.53 Å². The number of carbonyl (C=O) groups excluding carboxylic acids is 1. The second-order valence-corrected chi connectivity index (χ2v) is 8.13. The Morgan fingerprint density at radius 2 is 1.87 bits per heavy atom. The number of fused-ring (bicyclic) bond motifs is 2. The molecule has 0 saturated heterocycles. The van der Waals surface area contributed by atoms with Gasteiger partial charge >= 0.3 is 5.97 Å². The molecule has 134 valence electrons. The number of ether oxygens (including phenoxy) is 1. The van der Waals surface area contributed by atoms with Crippen LogP contribution in [0.15, 0.2) is 0 Å². The van der Waals surface area contributed by atoms with Gasteiger partial charge in [0.2, 0.25) is 0 Å². The third-order valence-electron chi connectivity index (χ3n) is 7.66. The fourth-order valence-electron chi connectivity index (χ4n) is 6.07. The number of nitrogens with zero attached hydrogens (tertiary/aromatic N) is 1. The SMILES string of the molecule is CCOC(=O)[C@H](CN)[C@]1(N(CC)CC)C[C@@H]2CC[C@]1(C)C2(C)C. The molecular weight excluding hydrogens is 288 g/mol. The normalized spacial score (nSPS) is 36.4. The second-order valence-electron chi connectivity index (χ2n) is 8.13. The molecule has 0 heterocycles. The summed E-state index contributed by atoms with van der Waals surface area (Å²) in [5.41, 5.74) is 6.31. The summed E-state index contributed by atoms with van der Waals surface area (Å²) in [6, 6.07) is 0. The number of carbonyl (C=O) groups is 1. The first kappa shape index (κ1) is 18.7. The van der Waals surface area contributed by atoms with E-state index in [4.69, 9.17) is 10.5 Å². The summed E-state index contributed by atoms with van der Waals surface area (Å²) in [7, 11) is 0. The largest absolute Gasteiger partial charge is 0.466 e. The van der Waals surface area contributed by atoms with Gasteiger partial charge in [0.05, 0.1) is 12.5 Å². The van der Waals surface area contributed by atoms with E-state index >= 15 is 0 Å². The van der Waals surface area contributed by atoms with Gasteiger partial charge in [0.25, 0.3) is 0 Å². The van der Waals surface area contributed by atoms with Crippen molar-refractivity contribution in [1.29, 1.82) is 0 Å². The number of rotatable bonds is 7. The van der Waals surface area contributed by atoms with Crippen molar-refractivity contribution in [2.24, 2.45) is 28.4 Å². The van der Waals surface area contributed by atoms with Gasteiger partial charge < -0.3 is 10.5 Å². The molecule has 4 nitrogen and oxygen atoms in total. The highest BCUT2D eigenvalue weighted by Gasteiger charge is 2.72. The van der Waals surface area contributed by atoms with Crippen molar-refractivity contribution in [1.82, 2.24) is 4.90 Å². The number of hydrogen-bond acceptors (Lipinski definition) is 4. The first-order chi connectivity index (χ1) is 10.8. The Kier molecular flexibility index (Phi) is 5.18. The Hall–Kier alpha value is -0.610. The van der Waals surface area contributed by atoms with Crippen LogP contribution in [0, 0.1) is 22.7 Å². The molecule has 0 aromatic rings. The van der Waals surface area contributed by atoms with Gasteiger partial charge in [-0.3, -0.25) is 9.69 Å². The van der Waals surface area contributed by atoms with E-state index in [9.17, 15) is 4.79 Å². The van der Waals surface area contributed by atoms with E-state index in [1.54, 1.807) is 0 Å². The van der Waals surface area contributed by atoms with Gasteiger partial charge in [-0.25, -0.2) is 0 Å². The monoisotopic (exact) mass is 324 g/mol. The summed E-state index contributed by atoms with van der Waals surface area (Å²) in [4.78, 5) is 15.3. The summed E-state index contributed by atoms with van der Waals surface area (Å²) in [5.74, 6) is 0.319. The zero-order chi connectivity index (χ0) is 17.5. The lowest BCUT2D eigenvalue weighted by Gasteiger charge is -2.57. The first-order valence-electron chi connectivity index (χ1n) is 9.38. The van der Waals surface area contributed by atoms with Gasteiger partial charge in [0.15, 0.2) is 0 Å².